The molecule has 1 unspecified atom stereocenters. The fourth-order valence-corrected chi connectivity index (χ4v) is 2.43. The Balaban J connectivity index is 1.94. The molecule has 0 saturated carbocycles. The van der Waals surface area contributed by atoms with E-state index >= 15 is 0 Å². The van der Waals surface area contributed by atoms with Crippen molar-refractivity contribution in [3.05, 3.63) is 35.4 Å². The summed E-state index contributed by atoms with van der Waals surface area (Å²) in [5, 5.41) is 3.62. The predicted molar refractivity (Wildman–Crippen MR) is 68.2 cm³/mol. The molecule has 0 saturated heterocycles. The number of rotatable bonds is 4. The van der Waals surface area contributed by atoms with Crippen LogP contribution < -0.4 is 5.32 Å². The van der Waals surface area contributed by atoms with E-state index in [2.05, 4.69) is 35.5 Å². The standard InChI is InChI=1S/C15H19N/c1-2-3-6-12-16-15-11-7-9-13-8-4-5-10-14(13)15/h1,4-5,8,10,15-16H,3,6-7,9,11-12H2. The number of nitrogens with one attached hydrogen (secondary N) is 1. The zero-order chi connectivity index (χ0) is 11.2. The van der Waals surface area contributed by atoms with Gasteiger partial charge in [0.1, 0.15) is 0 Å². The van der Waals surface area contributed by atoms with Crippen LogP contribution in [0.15, 0.2) is 24.3 Å². The first-order valence-electron chi connectivity index (χ1n) is 6.16. The van der Waals surface area contributed by atoms with Gasteiger partial charge >= 0.3 is 0 Å². The zero-order valence-corrected chi connectivity index (χ0v) is 9.71. The van der Waals surface area contributed by atoms with Crippen molar-refractivity contribution in [1.82, 2.24) is 5.32 Å². The Bertz CT molecular complexity index is 375. The van der Waals surface area contributed by atoms with Crippen LogP contribution in [0.4, 0.5) is 0 Å². The van der Waals surface area contributed by atoms with Crippen LogP contribution in [0, 0.1) is 12.3 Å². The van der Waals surface area contributed by atoms with Crippen molar-refractivity contribution in [1.29, 1.82) is 0 Å². The van der Waals surface area contributed by atoms with Gasteiger partial charge in [-0.25, -0.2) is 0 Å². The van der Waals surface area contributed by atoms with E-state index in [1.54, 1.807) is 0 Å². The molecule has 1 nitrogen and oxygen atoms in total. The van der Waals surface area contributed by atoms with Gasteiger partial charge in [-0.2, -0.15) is 0 Å². The highest BCUT2D eigenvalue weighted by Gasteiger charge is 2.18. The molecule has 0 aromatic heterocycles. The van der Waals surface area contributed by atoms with Gasteiger partial charge in [-0.1, -0.05) is 24.3 Å². The summed E-state index contributed by atoms with van der Waals surface area (Å²) >= 11 is 0. The van der Waals surface area contributed by atoms with Crippen molar-refractivity contribution >= 4 is 0 Å². The first-order valence-corrected chi connectivity index (χ1v) is 6.16. The summed E-state index contributed by atoms with van der Waals surface area (Å²) in [7, 11) is 0. The maximum absolute atomic E-state index is 5.25. The van der Waals surface area contributed by atoms with Gasteiger partial charge in [-0.3, -0.25) is 0 Å². The Labute approximate surface area is 98.3 Å². The SMILES string of the molecule is C#CCCCNC1CCCc2ccccc21. The minimum atomic E-state index is 0.544. The van der Waals surface area contributed by atoms with Crippen LogP contribution >= 0.6 is 0 Å². The summed E-state index contributed by atoms with van der Waals surface area (Å²) in [5.74, 6) is 2.68. The quantitative estimate of drug-likeness (QED) is 0.598. The van der Waals surface area contributed by atoms with Gasteiger partial charge in [-0.05, 0) is 43.4 Å². The van der Waals surface area contributed by atoms with E-state index in [0.717, 1.165) is 19.4 Å². The largest absolute Gasteiger partial charge is 0.310 e. The normalized spacial score (nSPS) is 18.8. The number of aryl methyl sites for hydroxylation is 1. The highest BCUT2D eigenvalue weighted by molar-refractivity contribution is 5.32. The first kappa shape index (κ1) is 11.2. The molecule has 0 radical (unpaired) electrons. The van der Waals surface area contributed by atoms with Gasteiger partial charge in [0.05, 0.1) is 0 Å². The van der Waals surface area contributed by atoms with Crippen LogP contribution in [0.5, 0.6) is 0 Å². The second-order valence-corrected chi connectivity index (χ2v) is 4.41. The highest BCUT2D eigenvalue weighted by atomic mass is 14.9. The minimum Gasteiger partial charge on any atom is -0.310 e. The molecule has 0 bridgehead atoms. The third-order valence-corrected chi connectivity index (χ3v) is 3.26. The van der Waals surface area contributed by atoms with Crippen molar-refractivity contribution in [2.24, 2.45) is 0 Å². The van der Waals surface area contributed by atoms with E-state index in [9.17, 15) is 0 Å². The molecule has 16 heavy (non-hydrogen) atoms. The fraction of sp³-hybridized carbons (Fsp3) is 0.467. The van der Waals surface area contributed by atoms with Gasteiger partial charge in [0.25, 0.3) is 0 Å². The fourth-order valence-electron chi connectivity index (χ4n) is 2.43. The summed E-state index contributed by atoms with van der Waals surface area (Å²) in [6, 6.07) is 9.33. The summed E-state index contributed by atoms with van der Waals surface area (Å²) in [5.41, 5.74) is 3.01. The summed E-state index contributed by atoms with van der Waals surface area (Å²) in [6.45, 7) is 1.03. The maximum Gasteiger partial charge on any atom is 0.0323 e. The maximum atomic E-state index is 5.25. The average Bonchev–Trinajstić information content (AvgIpc) is 2.35. The van der Waals surface area contributed by atoms with Gasteiger partial charge in [0.2, 0.25) is 0 Å². The van der Waals surface area contributed by atoms with Gasteiger partial charge in [-0.15, -0.1) is 12.3 Å². The molecule has 0 fully saturated rings. The number of hydrogen-bond donors (Lipinski definition) is 1. The lowest BCUT2D eigenvalue weighted by atomic mass is 9.88. The zero-order valence-electron chi connectivity index (χ0n) is 9.71. The third-order valence-electron chi connectivity index (χ3n) is 3.26. The Kier molecular flexibility index (Phi) is 4.02. The van der Waals surface area contributed by atoms with Crippen LogP contribution in [0.25, 0.3) is 0 Å². The smallest absolute Gasteiger partial charge is 0.0323 e. The molecule has 1 N–H and O–H groups in total. The Morgan fingerprint density at radius 1 is 1.38 bits per heavy atom. The lowest BCUT2D eigenvalue weighted by Crippen LogP contribution is -2.26. The predicted octanol–water partition coefficient (Wildman–Crippen LogP) is 3.07. The Hall–Kier alpha value is -1.26. The van der Waals surface area contributed by atoms with Gasteiger partial charge in [0, 0.05) is 12.5 Å². The van der Waals surface area contributed by atoms with Crippen molar-refractivity contribution in [2.45, 2.75) is 38.1 Å². The molecule has 1 heteroatoms. The Morgan fingerprint density at radius 3 is 3.12 bits per heavy atom. The van der Waals surface area contributed by atoms with E-state index in [0.29, 0.717) is 6.04 Å². The number of benzene rings is 1. The second kappa shape index (κ2) is 5.72. The number of unbranched alkanes of at least 4 members (excludes halogenated alkanes) is 1. The second-order valence-electron chi connectivity index (χ2n) is 4.41. The van der Waals surface area contributed by atoms with E-state index in [-0.39, 0.29) is 0 Å². The van der Waals surface area contributed by atoms with Crippen LogP contribution in [-0.4, -0.2) is 6.54 Å². The van der Waals surface area contributed by atoms with Crippen molar-refractivity contribution in [3.63, 3.8) is 0 Å². The molecule has 1 aromatic rings. The molecule has 1 aliphatic rings. The summed E-state index contributed by atoms with van der Waals surface area (Å²) in [6.07, 6.45) is 11.0. The van der Waals surface area contributed by atoms with Crippen molar-refractivity contribution in [3.8, 4) is 12.3 Å². The minimum absolute atomic E-state index is 0.544. The Morgan fingerprint density at radius 2 is 2.25 bits per heavy atom. The van der Waals surface area contributed by atoms with E-state index in [4.69, 9.17) is 6.42 Å². The molecule has 1 aliphatic carbocycles. The molecule has 0 aliphatic heterocycles. The van der Waals surface area contributed by atoms with Crippen LogP contribution in [-0.2, 0) is 6.42 Å². The van der Waals surface area contributed by atoms with Crippen LogP contribution in [0.3, 0.4) is 0 Å². The molecule has 84 valence electrons. The lowest BCUT2D eigenvalue weighted by molar-refractivity contribution is 0.457. The molecule has 1 aromatic carbocycles. The van der Waals surface area contributed by atoms with Gasteiger partial charge in [0.15, 0.2) is 0 Å². The average molecular weight is 213 g/mol. The van der Waals surface area contributed by atoms with Crippen LogP contribution in [0.1, 0.15) is 42.9 Å². The highest BCUT2D eigenvalue weighted by Crippen LogP contribution is 2.29. The third kappa shape index (κ3) is 2.65. The van der Waals surface area contributed by atoms with Crippen molar-refractivity contribution in [2.75, 3.05) is 6.54 Å². The molecule has 2 rings (SSSR count). The topological polar surface area (TPSA) is 12.0 Å². The molecule has 0 amide bonds. The number of terminal acetylenes is 1. The number of hydrogen-bond acceptors (Lipinski definition) is 1. The van der Waals surface area contributed by atoms with E-state index in [1.165, 1.54) is 30.4 Å². The summed E-state index contributed by atoms with van der Waals surface area (Å²) in [4.78, 5) is 0. The van der Waals surface area contributed by atoms with E-state index < -0.39 is 0 Å². The van der Waals surface area contributed by atoms with Gasteiger partial charge < -0.3 is 5.32 Å². The van der Waals surface area contributed by atoms with Crippen LogP contribution in [0.2, 0.25) is 0 Å². The molecular weight excluding hydrogens is 194 g/mol. The molecule has 0 heterocycles. The summed E-state index contributed by atoms with van der Waals surface area (Å²) < 4.78 is 0. The first-order chi connectivity index (χ1) is 7.92. The molecular formula is C15H19N. The lowest BCUT2D eigenvalue weighted by Gasteiger charge is -2.26. The van der Waals surface area contributed by atoms with E-state index in [1.807, 2.05) is 0 Å². The monoisotopic (exact) mass is 213 g/mol. The number of fused-ring (bicyclic) bond motifs is 1. The van der Waals surface area contributed by atoms with Crippen molar-refractivity contribution < 1.29 is 0 Å². The molecule has 0 spiro atoms. The molecule has 1 atom stereocenters.